The van der Waals surface area contributed by atoms with E-state index < -0.39 is 11.7 Å². The first-order valence-corrected chi connectivity index (χ1v) is 5.93. The highest BCUT2D eigenvalue weighted by molar-refractivity contribution is 5.29. The van der Waals surface area contributed by atoms with E-state index >= 15 is 0 Å². The number of alkyl halides is 3. The predicted molar refractivity (Wildman–Crippen MR) is 68.5 cm³/mol. The molecule has 1 aromatic carbocycles. The van der Waals surface area contributed by atoms with Gasteiger partial charge >= 0.3 is 6.18 Å². The molecule has 0 saturated heterocycles. The van der Waals surface area contributed by atoms with Gasteiger partial charge in [-0.15, -0.1) is 6.58 Å². The highest BCUT2D eigenvalue weighted by Gasteiger charge is 2.30. The van der Waals surface area contributed by atoms with E-state index in [0.717, 1.165) is 24.1 Å². The fourth-order valence-corrected chi connectivity index (χ4v) is 1.92. The van der Waals surface area contributed by atoms with Gasteiger partial charge < -0.3 is 0 Å². The van der Waals surface area contributed by atoms with Crippen LogP contribution < -0.4 is 0 Å². The van der Waals surface area contributed by atoms with E-state index in [4.69, 9.17) is 0 Å². The Morgan fingerprint density at radius 1 is 1.11 bits per heavy atom. The van der Waals surface area contributed by atoms with Gasteiger partial charge in [0.05, 0.1) is 5.56 Å². The van der Waals surface area contributed by atoms with Crippen molar-refractivity contribution in [2.75, 3.05) is 0 Å². The zero-order chi connectivity index (χ0) is 14.0. The molecule has 0 N–H and O–H groups in total. The van der Waals surface area contributed by atoms with E-state index in [1.54, 1.807) is 18.2 Å². The second kappa shape index (κ2) is 5.17. The quantitative estimate of drug-likeness (QED) is 0.634. The summed E-state index contributed by atoms with van der Waals surface area (Å²) in [6.45, 7) is 10.1. The minimum Gasteiger partial charge on any atom is -0.166 e. The molecule has 0 radical (unpaired) electrons. The summed E-state index contributed by atoms with van der Waals surface area (Å²) in [5, 5.41) is 0. The molecular formula is C15H19F3. The van der Waals surface area contributed by atoms with E-state index in [9.17, 15) is 13.2 Å². The van der Waals surface area contributed by atoms with E-state index in [-0.39, 0.29) is 11.3 Å². The summed E-state index contributed by atoms with van der Waals surface area (Å²) in [6.07, 6.45) is -1.61. The Bertz CT molecular complexity index is 393. The second-order valence-electron chi connectivity index (χ2n) is 5.73. The normalized spacial score (nSPS) is 14.3. The summed E-state index contributed by atoms with van der Waals surface area (Å²) < 4.78 is 37.4. The van der Waals surface area contributed by atoms with Crippen LogP contribution in [0.25, 0.3) is 0 Å². The average molecular weight is 256 g/mol. The molecule has 0 fully saturated rings. The van der Waals surface area contributed by atoms with Gasteiger partial charge in [-0.1, -0.05) is 39.0 Å². The highest BCUT2D eigenvalue weighted by atomic mass is 19.4. The topological polar surface area (TPSA) is 0 Å². The largest absolute Gasteiger partial charge is 0.416 e. The standard InChI is InChI=1S/C15H19F3/c1-5-11(10-14(2,3)4)12-6-8-13(9-7-12)15(16,17)18/h5-9,11H,1,10H2,2-4H3/t11-/m1/s1. The lowest BCUT2D eigenvalue weighted by Gasteiger charge is -2.24. The molecular weight excluding hydrogens is 237 g/mol. The molecule has 0 aliphatic carbocycles. The van der Waals surface area contributed by atoms with Crippen molar-refractivity contribution in [3.05, 3.63) is 48.0 Å². The molecule has 0 aliphatic rings. The Morgan fingerprint density at radius 3 is 1.94 bits per heavy atom. The molecule has 18 heavy (non-hydrogen) atoms. The van der Waals surface area contributed by atoms with E-state index in [1.165, 1.54) is 0 Å². The minimum atomic E-state index is -4.27. The van der Waals surface area contributed by atoms with Crippen molar-refractivity contribution in [2.24, 2.45) is 5.41 Å². The summed E-state index contributed by atoms with van der Waals surface area (Å²) in [4.78, 5) is 0. The number of benzene rings is 1. The Balaban J connectivity index is 2.92. The van der Waals surface area contributed by atoms with Gasteiger partial charge in [0.25, 0.3) is 0 Å². The number of hydrogen-bond acceptors (Lipinski definition) is 0. The van der Waals surface area contributed by atoms with Gasteiger partial charge in [0.2, 0.25) is 0 Å². The maximum atomic E-state index is 12.5. The first-order chi connectivity index (χ1) is 8.13. The summed E-state index contributed by atoms with van der Waals surface area (Å²) in [6, 6.07) is 5.35. The predicted octanol–water partition coefficient (Wildman–Crippen LogP) is 5.41. The lowest BCUT2D eigenvalue weighted by molar-refractivity contribution is -0.137. The molecule has 0 aliphatic heterocycles. The Hall–Kier alpha value is -1.25. The van der Waals surface area contributed by atoms with Gasteiger partial charge in [0.1, 0.15) is 0 Å². The first-order valence-electron chi connectivity index (χ1n) is 5.93. The molecule has 0 bridgehead atoms. The third kappa shape index (κ3) is 4.21. The van der Waals surface area contributed by atoms with E-state index in [1.807, 2.05) is 0 Å². The molecule has 0 spiro atoms. The van der Waals surface area contributed by atoms with Crippen LogP contribution in [-0.2, 0) is 6.18 Å². The summed E-state index contributed by atoms with van der Waals surface area (Å²) in [7, 11) is 0. The van der Waals surface area contributed by atoms with Crippen molar-refractivity contribution in [2.45, 2.75) is 39.3 Å². The van der Waals surface area contributed by atoms with Crippen LogP contribution in [-0.4, -0.2) is 0 Å². The number of halogens is 3. The molecule has 1 aromatic rings. The van der Waals surface area contributed by atoms with Crippen LogP contribution in [0, 0.1) is 5.41 Å². The van der Waals surface area contributed by atoms with Gasteiger partial charge in [-0.3, -0.25) is 0 Å². The van der Waals surface area contributed by atoms with Gasteiger partial charge in [-0.05, 0) is 29.5 Å². The zero-order valence-corrected chi connectivity index (χ0v) is 11.0. The third-order valence-electron chi connectivity index (χ3n) is 2.78. The van der Waals surface area contributed by atoms with Crippen molar-refractivity contribution in [3.63, 3.8) is 0 Å². The Morgan fingerprint density at radius 2 is 1.61 bits per heavy atom. The second-order valence-corrected chi connectivity index (χ2v) is 5.73. The lowest BCUT2D eigenvalue weighted by Crippen LogP contribution is -2.11. The maximum Gasteiger partial charge on any atom is 0.416 e. The highest BCUT2D eigenvalue weighted by Crippen LogP contribution is 2.34. The van der Waals surface area contributed by atoms with Gasteiger partial charge in [0.15, 0.2) is 0 Å². The Labute approximate surface area is 107 Å². The van der Waals surface area contributed by atoms with Crippen molar-refractivity contribution in [3.8, 4) is 0 Å². The van der Waals surface area contributed by atoms with Crippen molar-refractivity contribution in [1.82, 2.24) is 0 Å². The van der Waals surface area contributed by atoms with Gasteiger partial charge in [-0.2, -0.15) is 13.2 Å². The minimum absolute atomic E-state index is 0.0901. The van der Waals surface area contributed by atoms with Crippen LogP contribution in [0.5, 0.6) is 0 Å². The van der Waals surface area contributed by atoms with Crippen LogP contribution in [0.1, 0.15) is 44.2 Å². The van der Waals surface area contributed by atoms with Gasteiger partial charge in [-0.25, -0.2) is 0 Å². The lowest BCUT2D eigenvalue weighted by atomic mass is 9.81. The summed E-state index contributed by atoms with van der Waals surface area (Å²) in [5.41, 5.74) is 0.388. The molecule has 0 heterocycles. The van der Waals surface area contributed by atoms with E-state index in [0.29, 0.717) is 0 Å². The number of rotatable bonds is 3. The third-order valence-corrected chi connectivity index (χ3v) is 2.78. The average Bonchev–Trinajstić information content (AvgIpc) is 2.24. The molecule has 0 aromatic heterocycles. The molecule has 1 atom stereocenters. The van der Waals surface area contributed by atoms with Crippen molar-refractivity contribution >= 4 is 0 Å². The molecule has 0 nitrogen and oxygen atoms in total. The van der Waals surface area contributed by atoms with Crippen LogP contribution in [0.4, 0.5) is 13.2 Å². The molecule has 0 saturated carbocycles. The van der Waals surface area contributed by atoms with Gasteiger partial charge in [0, 0.05) is 5.92 Å². The summed E-state index contributed by atoms with van der Waals surface area (Å²) in [5.74, 6) is 0.0901. The molecule has 0 amide bonds. The maximum absolute atomic E-state index is 12.5. The first kappa shape index (κ1) is 14.8. The Kier molecular flexibility index (Phi) is 4.25. The molecule has 3 heteroatoms. The SMILES string of the molecule is C=C[C@H](CC(C)(C)C)c1ccc(C(F)(F)F)cc1. The van der Waals surface area contributed by atoms with Crippen LogP contribution >= 0.6 is 0 Å². The van der Waals surface area contributed by atoms with Crippen LogP contribution in [0.15, 0.2) is 36.9 Å². The monoisotopic (exact) mass is 256 g/mol. The fraction of sp³-hybridized carbons (Fsp3) is 0.467. The van der Waals surface area contributed by atoms with Crippen LogP contribution in [0.3, 0.4) is 0 Å². The number of allylic oxidation sites excluding steroid dienone is 1. The van der Waals surface area contributed by atoms with Crippen molar-refractivity contribution in [1.29, 1.82) is 0 Å². The molecule has 100 valence electrons. The fourth-order valence-electron chi connectivity index (χ4n) is 1.92. The zero-order valence-electron chi connectivity index (χ0n) is 11.0. The van der Waals surface area contributed by atoms with E-state index in [2.05, 4.69) is 27.4 Å². The summed E-state index contributed by atoms with van der Waals surface area (Å²) >= 11 is 0. The molecule has 1 rings (SSSR count). The number of hydrogen-bond donors (Lipinski definition) is 0. The van der Waals surface area contributed by atoms with Crippen molar-refractivity contribution < 1.29 is 13.2 Å². The van der Waals surface area contributed by atoms with Crippen LogP contribution in [0.2, 0.25) is 0 Å². The molecule has 0 unspecified atom stereocenters. The smallest absolute Gasteiger partial charge is 0.166 e.